The summed E-state index contributed by atoms with van der Waals surface area (Å²) in [6.45, 7) is 12.1. The Morgan fingerprint density at radius 2 is 1.93 bits per heavy atom. The van der Waals surface area contributed by atoms with E-state index in [9.17, 15) is 4.79 Å². The second kappa shape index (κ2) is 12.7. The summed E-state index contributed by atoms with van der Waals surface area (Å²) >= 11 is 0. The van der Waals surface area contributed by atoms with Crippen LogP contribution in [0.15, 0.2) is 12.3 Å². The van der Waals surface area contributed by atoms with E-state index in [0.717, 1.165) is 31.2 Å². The predicted molar refractivity (Wildman–Crippen MR) is 108 cm³/mol. The van der Waals surface area contributed by atoms with Gasteiger partial charge in [0, 0.05) is 18.8 Å². The van der Waals surface area contributed by atoms with Gasteiger partial charge in [0.05, 0.1) is 18.5 Å². The van der Waals surface area contributed by atoms with Crippen LogP contribution in [0.4, 0.5) is 5.69 Å². The van der Waals surface area contributed by atoms with Crippen LogP contribution in [-0.4, -0.2) is 42.9 Å². The van der Waals surface area contributed by atoms with Crippen LogP contribution in [-0.2, 0) is 14.3 Å². The van der Waals surface area contributed by atoms with E-state index in [2.05, 4.69) is 17.2 Å². The highest BCUT2D eigenvalue weighted by molar-refractivity contribution is 5.97. The normalized spacial score (nSPS) is 13.2. The second-order valence-electron chi connectivity index (χ2n) is 6.88. The lowest BCUT2D eigenvalue weighted by atomic mass is 9.96. The number of anilines is 1. The van der Waals surface area contributed by atoms with E-state index >= 15 is 0 Å². The SMILES string of the molecule is CCCCC[C@](C)(OCCC)C(=O)Nc1cnc(OCCOCC)c(C)c1. The Morgan fingerprint density at radius 1 is 1.15 bits per heavy atom. The van der Waals surface area contributed by atoms with Gasteiger partial charge in [-0.3, -0.25) is 4.79 Å². The summed E-state index contributed by atoms with van der Waals surface area (Å²) in [6.07, 6.45) is 6.37. The molecular weight excluding hydrogens is 344 g/mol. The van der Waals surface area contributed by atoms with Crippen LogP contribution in [0.3, 0.4) is 0 Å². The van der Waals surface area contributed by atoms with Gasteiger partial charge in [-0.2, -0.15) is 0 Å². The monoisotopic (exact) mass is 380 g/mol. The third-order valence-electron chi connectivity index (χ3n) is 4.32. The second-order valence-corrected chi connectivity index (χ2v) is 6.88. The van der Waals surface area contributed by atoms with Crippen molar-refractivity contribution in [1.29, 1.82) is 0 Å². The summed E-state index contributed by atoms with van der Waals surface area (Å²) < 4.78 is 16.8. The lowest BCUT2D eigenvalue weighted by Gasteiger charge is -2.28. The van der Waals surface area contributed by atoms with Gasteiger partial charge in [0.15, 0.2) is 0 Å². The van der Waals surface area contributed by atoms with Gasteiger partial charge in [0.1, 0.15) is 12.2 Å². The van der Waals surface area contributed by atoms with Crippen LogP contribution in [0.5, 0.6) is 5.88 Å². The number of ether oxygens (including phenoxy) is 3. The first-order chi connectivity index (χ1) is 13.0. The number of pyridine rings is 1. The summed E-state index contributed by atoms with van der Waals surface area (Å²) in [5.74, 6) is 0.430. The molecule has 27 heavy (non-hydrogen) atoms. The van der Waals surface area contributed by atoms with Crippen molar-refractivity contribution in [2.45, 2.75) is 72.3 Å². The number of carbonyl (C=O) groups excluding carboxylic acids is 1. The summed E-state index contributed by atoms with van der Waals surface area (Å²) in [6, 6.07) is 1.87. The predicted octanol–water partition coefficient (Wildman–Crippen LogP) is 4.51. The van der Waals surface area contributed by atoms with Gasteiger partial charge in [0.2, 0.25) is 5.88 Å². The zero-order valence-electron chi connectivity index (χ0n) is 17.6. The molecule has 1 rings (SSSR count). The van der Waals surface area contributed by atoms with E-state index in [1.54, 1.807) is 6.20 Å². The van der Waals surface area contributed by atoms with Gasteiger partial charge >= 0.3 is 0 Å². The molecule has 1 N–H and O–H groups in total. The first-order valence-electron chi connectivity index (χ1n) is 10.1. The Kier molecular flexibility index (Phi) is 11.0. The molecule has 1 amide bonds. The van der Waals surface area contributed by atoms with Crippen molar-refractivity contribution in [2.24, 2.45) is 0 Å². The molecule has 0 saturated carbocycles. The maximum Gasteiger partial charge on any atom is 0.256 e. The van der Waals surface area contributed by atoms with E-state index in [0.29, 0.717) is 44.4 Å². The Bertz CT molecular complexity index is 565. The number of hydrogen-bond acceptors (Lipinski definition) is 5. The molecule has 0 bridgehead atoms. The van der Waals surface area contributed by atoms with Gasteiger partial charge in [0.25, 0.3) is 5.91 Å². The number of aromatic nitrogens is 1. The molecule has 0 spiro atoms. The average molecular weight is 381 g/mol. The van der Waals surface area contributed by atoms with E-state index in [4.69, 9.17) is 14.2 Å². The molecule has 0 aliphatic heterocycles. The Labute approximate surface area is 164 Å². The Balaban J connectivity index is 2.72. The Hall–Kier alpha value is -1.66. The fraction of sp³-hybridized carbons (Fsp3) is 0.714. The number of unbranched alkanes of at least 4 members (excludes halogenated alkanes) is 2. The number of aryl methyl sites for hydroxylation is 1. The van der Waals surface area contributed by atoms with Gasteiger partial charge in [-0.25, -0.2) is 4.98 Å². The lowest BCUT2D eigenvalue weighted by molar-refractivity contribution is -0.140. The molecule has 6 heteroatoms. The molecule has 0 fully saturated rings. The number of nitrogens with one attached hydrogen (secondary N) is 1. The van der Waals surface area contributed by atoms with E-state index in [1.807, 2.05) is 33.8 Å². The molecule has 0 aromatic carbocycles. The van der Waals surface area contributed by atoms with Crippen molar-refractivity contribution in [3.63, 3.8) is 0 Å². The summed E-state index contributed by atoms with van der Waals surface area (Å²) in [5.41, 5.74) is 0.689. The molecule has 0 unspecified atom stereocenters. The molecule has 1 heterocycles. The van der Waals surface area contributed by atoms with Crippen molar-refractivity contribution in [3.8, 4) is 5.88 Å². The molecule has 1 atom stereocenters. The number of hydrogen-bond donors (Lipinski definition) is 1. The van der Waals surface area contributed by atoms with Crippen LogP contribution in [0.25, 0.3) is 0 Å². The maximum absolute atomic E-state index is 12.9. The van der Waals surface area contributed by atoms with Crippen LogP contribution >= 0.6 is 0 Å². The minimum atomic E-state index is -0.828. The maximum atomic E-state index is 12.9. The van der Waals surface area contributed by atoms with Crippen LogP contribution < -0.4 is 10.1 Å². The fourth-order valence-corrected chi connectivity index (χ4v) is 2.68. The zero-order valence-corrected chi connectivity index (χ0v) is 17.6. The van der Waals surface area contributed by atoms with Gasteiger partial charge in [-0.15, -0.1) is 0 Å². The topological polar surface area (TPSA) is 69.7 Å². The van der Waals surface area contributed by atoms with E-state index in [-0.39, 0.29) is 5.91 Å². The highest BCUT2D eigenvalue weighted by Crippen LogP contribution is 2.24. The largest absolute Gasteiger partial charge is 0.475 e. The molecule has 0 saturated heterocycles. The summed E-state index contributed by atoms with van der Waals surface area (Å²) in [7, 11) is 0. The number of nitrogens with zero attached hydrogens (tertiary/aromatic N) is 1. The van der Waals surface area contributed by atoms with Crippen LogP contribution in [0, 0.1) is 6.92 Å². The number of amides is 1. The molecule has 1 aromatic rings. The van der Waals surface area contributed by atoms with Gasteiger partial charge < -0.3 is 19.5 Å². The number of rotatable bonds is 14. The minimum Gasteiger partial charge on any atom is -0.475 e. The molecular formula is C21H36N2O4. The van der Waals surface area contributed by atoms with Crippen LogP contribution in [0.2, 0.25) is 0 Å². The standard InChI is InChI=1S/C21H36N2O4/c1-6-9-10-11-21(5,27-12-7-2)20(24)23-18-15-17(4)19(22-16-18)26-14-13-25-8-3/h15-16H,6-14H2,1-5H3,(H,23,24)/t21-/m0/s1. The third kappa shape index (κ3) is 8.26. The van der Waals surface area contributed by atoms with Crippen molar-refractivity contribution < 1.29 is 19.0 Å². The Morgan fingerprint density at radius 3 is 2.56 bits per heavy atom. The smallest absolute Gasteiger partial charge is 0.256 e. The highest BCUT2D eigenvalue weighted by Gasteiger charge is 2.33. The van der Waals surface area contributed by atoms with Crippen molar-refractivity contribution in [1.82, 2.24) is 4.98 Å². The van der Waals surface area contributed by atoms with Gasteiger partial charge in [-0.05, 0) is 39.7 Å². The molecule has 154 valence electrons. The van der Waals surface area contributed by atoms with E-state index < -0.39 is 5.60 Å². The lowest BCUT2D eigenvalue weighted by Crippen LogP contribution is -2.43. The minimum absolute atomic E-state index is 0.127. The quantitative estimate of drug-likeness (QED) is 0.481. The van der Waals surface area contributed by atoms with Crippen molar-refractivity contribution >= 4 is 11.6 Å². The van der Waals surface area contributed by atoms with Crippen LogP contribution in [0.1, 0.15) is 65.4 Å². The fourth-order valence-electron chi connectivity index (χ4n) is 2.68. The molecule has 0 radical (unpaired) electrons. The third-order valence-corrected chi connectivity index (χ3v) is 4.32. The molecule has 6 nitrogen and oxygen atoms in total. The summed E-state index contributed by atoms with van der Waals surface area (Å²) in [4.78, 5) is 17.2. The molecule has 0 aliphatic rings. The zero-order chi connectivity index (χ0) is 20.1. The molecule has 0 aliphatic carbocycles. The molecule has 1 aromatic heterocycles. The first kappa shape index (κ1) is 23.4. The van der Waals surface area contributed by atoms with Gasteiger partial charge in [-0.1, -0.05) is 33.1 Å². The van der Waals surface area contributed by atoms with Crippen molar-refractivity contribution in [2.75, 3.05) is 31.7 Å². The summed E-state index contributed by atoms with van der Waals surface area (Å²) in [5, 5.41) is 2.96. The average Bonchev–Trinajstić information content (AvgIpc) is 2.65. The van der Waals surface area contributed by atoms with Crippen molar-refractivity contribution in [3.05, 3.63) is 17.8 Å². The van der Waals surface area contributed by atoms with E-state index in [1.165, 1.54) is 0 Å². The first-order valence-corrected chi connectivity index (χ1v) is 10.1. The highest BCUT2D eigenvalue weighted by atomic mass is 16.5. The number of carbonyl (C=O) groups is 1.